The minimum atomic E-state index is 0.936. The van der Waals surface area contributed by atoms with Crippen molar-refractivity contribution in [3.8, 4) is 0 Å². The van der Waals surface area contributed by atoms with Crippen LogP contribution >= 0.6 is 11.3 Å². The van der Waals surface area contributed by atoms with E-state index in [1.165, 1.54) is 22.4 Å². The summed E-state index contributed by atoms with van der Waals surface area (Å²) in [5.74, 6) is 0. The molecule has 0 saturated heterocycles. The molecule has 2 aromatic rings. The monoisotopic (exact) mass is 246 g/mol. The first-order valence-corrected chi connectivity index (χ1v) is 6.84. The Hall–Kier alpha value is -1.19. The van der Waals surface area contributed by atoms with Crippen molar-refractivity contribution >= 4 is 11.3 Å². The van der Waals surface area contributed by atoms with E-state index >= 15 is 0 Å². The summed E-state index contributed by atoms with van der Waals surface area (Å²) < 4.78 is 0. The third kappa shape index (κ3) is 3.65. The smallest absolute Gasteiger partial charge is 0.0794 e. The van der Waals surface area contributed by atoms with Gasteiger partial charge < -0.3 is 5.32 Å². The minimum absolute atomic E-state index is 0.936. The van der Waals surface area contributed by atoms with Gasteiger partial charge in [0.2, 0.25) is 0 Å². The lowest BCUT2D eigenvalue weighted by atomic mass is 10.1. The van der Waals surface area contributed by atoms with Crippen LogP contribution in [0.3, 0.4) is 0 Å². The fraction of sp³-hybridized carbons (Fsp3) is 0.357. The molecule has 0 aliphatic rings. The topological polar surface area (TPSA) is 24.9 Å². The van der Waals surface area contributed by atoms with E-state index in [0.29, 0.717) is 0 Å². The normalized spacial score (nSPS) is 10.7. The number of hydrogen-bond donors (Lipinski definition) is 1. The molecule has 0 bridgehead atoms. The van der Waals surface area contributed by atoms with Crippen molar-refractivity contribution in [1.82, 2.24) is 10.3 Å². The Morgan fingerprint density at radius 1 is 1.24 bits per heavy atom. The van der Waals surface area contributed by atoms with E-state index in [1.807, 2.05) is 5.51 Å². The highest BCUT2D eigenvalue weighted by molar-refractivity contribution is 7.07. The van der Waals surface area contributed by atoms with Crippen molar-refractivity contribution in [3.63, 3.8) is 0 Å². The molecule has 0 aliphatic heterocycles. The Morgan fingerprint density at radius 2 is 2.12 bits per heavy atom. The number of aryl methyl sites for hydroxylation is 2. The Balaban J connectivity index is 1.76. The van der Waals surface area contributed by atoms with Crippen LogP contribution in [0.15, 0.2) is 29.1 Å². The summed E-state index contributed by atoms with van der Waals surface area (Å²) >= 11 is 1.66. The minimum Gasteiger partial charge on any atom is -0.312 e. The predicted molar refractivity (Wildman–Crippen MR) is 73.4 cm³/mol. The number of hydrogen-bond acceptors (Lipinski definition) is 3. The van der Waals surface area contributed by atoms with Gasteiger partial charge in [-0.3, -0.25) is 0 Å². The van der Waals surface area contributed by atoms with Gasteiger partial charge in [-0.15, -0.1) is 11.3 Å². The van der Waals surface area contributed by atoms with Crippen LogP contribution in [0.25, 0.3) is 0 Å². The molecule has 0 amide bonds. The van der Waals surface area contributed by atoms with Crippen molar-refractivity contribution in [3.05, 3.63) is 51.5 Å². The molecule has 1 N–H and O–H groups in total. The summed E-state index contributed by atoms with van der Waals surface area (Å²) in [4.78, 5) is 4.27. The molecular formula is C14H18N2S. The summed E-state index contributed by atoms with van der Waals surface area (Å²) in [6, 6.07) is 6.64. The van der Waals surface area contributed by atoms with Crippen molar-refractivity contribution in [2.75, 3.05) is 6.54 Å². The van der Waals surface area contributed by atoms with Gasteiger partial charge in [0.15, 0.2) is 0 Å². The first kappa shape index (κ1) is 12.3. The fourth-order valence-corrected chi connectivity index (χ4v) is 2.32. The maximum atomic E-state index is 4.27. The largest absolute Gasteiger partial charge is 0.312 e. The zero-order valence-corrected chi connectivity index (χ0v) is 11.2. The number of benzene rings is 1. The van der Waals surface area contributed by atoms with Crippen molar-refractivity contribution in [2.24, 2.45) is 0 Å². The lowest BCUT2D eigenvalue weighted by Crippen LogP contribution is -2.16. The zero-order valence-electron chi connectivity index (χ0n) is 10.4. The molecule has 3 heteroatoms. The highest BCUT2D eigenvalue weighted by Gasteiger charge is 1.97. The van der Waals surface area contributed by atoms with Crippen LogP contribution in [0.4, 0.5) is 0 Å². The second-order valence-corrected chi connectivity index (χ2v) is 5.04. The van der Waals surface area contributed by atoms with E-state index in [-0.39, 0.29) is 0 Å². The summed E-state index contributed by atoms with van der Waals surface area (Å²) in [6.07, 6.45) is 1.01. The molecule has 0 radical (unpaired) electrons. The maximum absolute atomic E-state index is 4.27. The quantitative estimate of drug-likeness (QED) is 0.820. The van der Waals surface area contributed by atoms with Crippen LogP contribution in [0, 0.1) is 13.8 Å². The molecule has 90 valence electrons. The van der Waals surface area contributed by atoms with Gasteiger partial charge in [-0.25, -0.2) is 4.98 Å². The van der Waals surface area contributed by atoms with E-state index in [9.17, 15) is 0 Å². The van der Waals surface area contributed by atoms with Crippen molar-refractivity contribution in [1.29, 1.82) is 0 Å². The summed E-state index contributed by atoms with van der Waals surface area (Å²) in [5, 5.41) is 5.56. The molecule has 1 aromatic heterocycles. The molecule has 0 aliphatic carbocycles. The van der Waals surface area contributed by atoms with E-state index in [1.54, 1.807) is 11.3 Å². The van der Waals surface area contributed by atoms with Gasteiger partial charge in [-0.2, -0.15) is 0 Å². The van der Waals surface area contributed by atoms with E-state index in [4.69, 9.17) is 0 Å². The van der Waals surface area contributed by atoms with Crippen molar-refractivity contribution in [2.45, 2.75) is 26.8 Å². The van der Waals surface area contributed by atoms with Crippen LogP contribution < -0.4 is 5.32 Å². The Morgan fingerprint density at radius 3 is 2.82 bits per heavy atom. The van der Waals surface area contributed by atoms with Crippen LogP contribution in [0.2, 0.25) is 0 Å². The first-order chi connectivity index (χ1) is 8.25. The van der Waals surface area contributed by atoms with Gasteiger partial charge in [0.05, 0.1) is 11.2 Å². The maximum Gasteiger partial charge on any atom is 0.0794 e. The lowest BCUT2D eigenvalue weighted by Gasteiger charge is -2.06. The third-order valence-electron chi connectivity index (χ3n) is 2.94. The standard InChI is InChI=1S/C14H18N2S/c1-11-3-4-13(7-12(11)2)8-15-6-5-14-9-17-10-16-14/h3-4,7,9-10,15H,5-6,8H2,1-2H3. The van der Waals surface area contributed by atoms with Crippen LogP contribution in [-0.4, -0.2) is 11.5 Å². The molecule has 0 saturated carbocycles. The highest BCUT2D eigenvalue weighted by Crippen LogP contribution is 2.09. The van der Waals surface area contributed by atoms with Crippen LogP contribution in [0.5, 0.6) is 0 Å². The van der Waals surface area contributed by atoms with E-state index in [2.05, 4.69) is 47.7 Å². The number of thiazole rings is 1. The van der Waals surface area contributed by atoms with Crippen LogP contribution in [0.1, 0.15) is 22.4 Å². The number of rotatable bonds is 5. The summed E-state index contributed by atoms with van der Waals surface area (Å²) in [7, 11) is 0. The Kier molecular flexibility index (Phi) is 4.29. The fourth-order valence-electron chi connectivity index (χ4n) is 1.72. The first-order valence-electron chi connectivity index (χ1n) is 5.89. The zero-order chi connectivity index (χ0) is 12.1. The molecule has 1 aromatic carbocycles. The van der Waals surface area contributed by atoms with Gasteiger partial charge in [0, 0.05) is 24.9 Å². The molecular weight excluding hydrogens is 228 g/mol. The average molecular weight is 246 g/mol. The van der Waals surface area contributed by atoms with Gasteiger partial charge in [0.25, 0.3) is 0 Å². The SMILES string of the molecule is Cc1ccc(CNCCc2cscn2)cc1C. The summed E-state index contributed by atoms with van der Waals surface area (Å²) in [5.41, 5.74) is 7.15. The second-order valence-electron chi connectivity index (χ2n) is 4.33. The van der Waals surface area contributed by atoms with Gasteiger partial charge in [0.1, 0.15) is 0 Å². The van der Waals surface area contributed by atoms with Gasteiger partial charge in [-0.1, -0.05) is 18.2 Å². The van der Waals surface area contributed by atoms with Crippen molar-refractivity contribution < 1.29 is 0 Å². The van der Waals surface area contributed by atoms with Gasteiger partial charge in [-0.05, 0) is 30.5 Å². The molecule has 17 heavy (non-hydrogen) atoms. The number of nitrogens with one attached hydrogen (secondary N) is 1. The lowest BCUT2D eigenvalue weighted by molar-refractivity contribution is 0.681. The molecule has 0 spiro atoms. The molecule has 2 rings (SSSR count). The van der Waals surface area contributed by atoms with E-state index in [0.717, 1.165) is 19.5 Å². The van der Waals surface area contributed by atoms with Crippen LogP contribution in [-0.2, 0) is 13.0 Å². The molecule has 0 fully saturated rings. The average Bonchev–Trinajstić information content (AvgIpc) is 2.82. The Bertz CT molecular complexity index is 463. The number of aromatic nitrogens is 1. The predicted octanol–water partition coefficient (Wildman–Crippen LogP) is 3.09. The van der Waals surface area contributed by atoms with E-state index < -0.39 is 0 Å². The molecule has 2 nitrogen and oxygen atoms in total. The second kappa shape index (κ2) is 5.94. The summed E-state index contributed by atoms with van der Waals surface area (Å²) in [6.45, 7) is 6.23. The molecule has 0 atom stereocenters. The number of nitrogens with zero attached hydrogens (tertiary/aromatic N) is 1. The highest BCUT2D eigenvalue weighted by atomic mass is 32.1. The Labute approximate surface area is 107 Å². The third-order valence-corrected chi connectivity index (χ3v) is 3.58. The molecule has 1 heterocycles. The van der Waals surface area contributed by atoms with Gasteiger partial charge >= 0.3 is 0 Å². The molecule has 0 unspecified atom stereocenters.